The van der Waals surface area contributed by atoms with Crippen LogP contribution in [0.5, 0.6) is 0 Å². The molecule has 0 N–H and O–H groups in total. The first-order valence-corrected chi connectivity index (χ1v) is 6.67. The van der Waals surface area contributed by atoms with Gasteiger partial charge in [0.25, 0.3) is 0 Å². The van der Waals surface area contributed by atoms with Crippen molar-refractivity contribution in [2.24, 2.45) is 0 Å². The molecule has 106 valence electrons. The van der Waals surface area contributed by atoms with Crippen molar-refractivity contribution in [2.75, 3.05) is 6.61 Å². The van der Waals surface area contributed by atoms with Crippen molar-refractivity contribution in [1.29, 1.82) is 0 Å². The fraction of sp³-hybridized carbons (Fsp3) is 0.400. The lowest BCUT2D eigenvalue weighted by molar-refractivity contribution is 0.0518. The Morgan fingerprint density at radius 1 is 1.25 bits per heavy atom. The van der Waals surface area contributed by atoms with E-state index in [1.807, 2.05) is 13.0 Å². The highest BCUT2D eigenvalue weighted by Gasteiger charge is 2.18. The molecule has 0 atom stereocenters. The first-order chi connectivity index (χ1) is 9.54. The largest absolute Gasteiger partial charge is 0.461 e. The van der Waals surface area contributed by atoms with E-state index in [2.05, 4.69) is 36.3 Å². The molecule has 5 nitrogen and oxygen atoms in total. The Labute approximate surface area is 118 Å². The number of hydrogen-bond donors (Lipinski definition) is 0. The highest BCUT2D eigenvalue weighted by atomic mass is 16.5. The number of rotatable bonds is 4. The molecule has 0 aliphatic rings. The van der Waals surface area contributed by atoms with Crippen LogP contribution in [-0.4, -0.2) is 27.6 Å². The van der Waals surface area contributed by atoms with Gasteiger partial charge in [-0.05, 0) is 44.4 Å². The topological polar surface area (TPSA) is 57.0 Å². The smallest absolute Gasteiger partial charge is 0.360 e. The van der Waals surface area contributed by atoms with Crippen molar-refractivity contribution >= 4 is 5.97 Å². The minimum absolute atomic E-state index is 0.290. The Balaban J connectivity index is 2.29. The zero-order chi connectivity index (χ0) is 14.7. The van der Waals surface area contributed by atoms with Crippen LogP contribution in [0.1, 0.15) is 39.8 Å². The lowest BCUT2D eigenvalue weighted by Crippen LogP contribution is -2.10. The minimum Gasteiger partial charge on any atom is -0.461 e. The van der Waals surface area contributed by atoms with Crippen molar-refractivity contribution in [3.8, 4) is 0 Å². The van der Waals surface area contributed by atoms with Crippen LogP contribution in [0.3, 0.4) is 0 Å². The van der Waals surface area contributed by atoms with Gasteiger partial charge in [0.15, 0.2) is 5.69 Å². The molecule has 20 heavy (non-hydrogen) atoms. The summed E-state index contributed by atoms with van der Waals surface area (Å²) in [5, 5.41) is 7.99. The summed E-state index contributed by atoms with van der Waals surface area (Å²) in [5.41, 5.74) is 4.63. The zero-order valence-corrected chi connectivity index (χ0v) is 12.3. The van der Waals surface area contributed by atoms with E-state index in [1.54, 1.807) is 11.6 Å². The van der Waals surface area contributed by atoms with Crippen LogP contribution in [-0.2, 0) is 11.3 Å². The Kier molecular flexibility index (Phi) is 4.17. The SMILES string of the molecule is CCOC(=O)c1nnn(Cc2c(C)cccc2C)c1C. The fourth-order valence-corrected chi connectivity index (χ4v) is 2.15. The molecule has 0 radical (unpaired) electrons. The highest BCUT2D eigenvalue weighted by Crippen LogP contribution is 2.16. The number of esters is 1. The Morgan fingerprint density at radius 2 is 1.90 bits per heavy atom. The predicted molar refractivity (Wildman–Crippen MR) is 75.7 cm³/mol. The van der Waals surface area contributed by atoms with E-state index in [1.165, 1.54) is 16.7 Å². The monoisotopic (exact) mass is 273 g/mol. The molecular formula is C15H19N3O2. The Bertz CT molecular complexity index is 612. The van der Waals surface area contributed by atoms with Crippen LogP contribution in [0.25, 0.3) is 0 Å². The summed E-state index contributed by atoms with van der Waals surface area (Å²) in [4.78, 5) is 11.7. The maximum Gasteiger partial charge on any atom is 0.360 e. The molecule has 5 heteroatoms. The first kappa shape index (κ1) is 14.2. The van der Waals surface area contributed by atoms with Gasteiger partial charge in [0, 0.05) is 0 Å². The summed E-state index contributed by atoms with van der Waals surface area (Å²) >= 11 is 0. The van der Waals surface area contributed by atoms with Crippen LogP contribution in [0, 0.1) is 20.8 Å². The number of carbonyl (C=O) groups is 1. The molecule has 0 fully saturated rings. The van der Waals surface area contributed by atoms with Gasteiger partial charge in [0.1, 0.15) is 0 Å². The van der Waals surface area contributed by atoms with Crippen LogP contribution >= 0.6 is 0 Å². The third-order valence-corrected chi connectivity index (χ3v) is 3.40. The maximum absolute atomic E-state index is 11.7. The summed E-state index contributed by atoms with van der Waals surface area (Å²) in [6.07, 6.45) is 0. The molecule has 2 aromatic rings. The molecule has 0 aliphatic carbocycles. The fourth-order valence-electron chi connectivity index (χ4n) is 2.15. The van der Waals surface area contributed by atoms with Gasteiger partial charge >= 0.3 is 5.97 Å². The van der Waals surface area contributed by atoms with Crippen LogP contribution in [0.15, 0.2) is 18.2 Å². The predicted octanol–water partition coefficient (Wildman–Crippen LogP) is 2.43. The van der Waals surface area contributed by atoms with E-state index in [0.29, 0.717) is 13.2 Å². The number of aryl methyl sites for hydroxylation is 2. The number of hydrogen-bond acceptors (Lipinski definition) is 4. The van der Waals surface area contributed by atoms with Crippen LogP contribution < -0.4 is 0 Å². The first-order valence-electron chi connectivity index (χ1n) is 6.67. The second kappa shape index (κ2) is 5.86. The van der Waals surface area contributed by atoms with Gasteiger partial charge in [-0.3, -0.25) is 0 Å². The van der Waals surface area contributed by atoms with Gasteiger partial charge in [-0.25, -0.2) is 9.48 Å². The van der Waals surface area contributed by atoms with Gasteiger partial charge in [0.2, 0.25) is 0 Å². The standard InChI is InChI=1S/C15H19N3O2/c1-5-20-15(19)14-12(4)18(17-16-14)9-13-10(2)7-6-8-11(13)3/h6-8H,5,9H2,1-4H3. The van der Waals surface area contributed by atoms with Crippen LogP contribution in [0.4, 0.5) is 0 Å². The van der Waals surface area contributed by atoms with Crippen LogP contribution in [0.2, 0.25) is 0 Å². The molecule has 1 aromatic carbocycles. The molecule has 1 aromatic heterocycles. The molecule has 0 saturated heterocycles. The molecule has 0 bridgehead atoms. The molecular weight excluding hydrogens is 254 g/mol. The zero-order valence-electron chi connectivity index (χ0n) is 12.3. The average Bonchev–Trinajstić information content (AvgIpc) is 2.76. The minimum atomic E-state index is -0.419. The van der Waals surface area contributed by atoms with E-state index in [9.17, 15) is 4.79 Å². The Morgan fingerprint density at radius 3 is 2.50 bits per heavy atom. The molecule has 0 aliphatic heterocycles. The van der Waals surface area contributed by atoms with Gasteiger partial charge in [-0.1, -0.05) is 23.4 Å². The highest BCUT2D eigenvalue weighted by molar-refractivity contribution is 5.88. The molecule has 0 saturated carbocycles. The van der Waals surface area contributed by atoms with Gasteiger partial charge < -0.3 is 4.74 Å². The third kappa shape index (κ3) is 2.71. The molecule has 1 heterocycles. The molecule has 0 spiro atoms. The van der Waals surface area contributed by atoms with E-state index in [-0.39, 0.29) is 5.69 Å². The number of benzene rings is 1. The van der Waals surface area contributed by atoms with E-state index >= 15 is 0 Å². The summed E-state index contributed by atoms with van der Waals surface area (Å²) in [5.74, 6) is -0.419. The van der Waals surface area contributed by atoms with Crippen molar-refractivity contribution in [3.63, 3.8) is 0 Å². The van der Waals surface area contributed by atoms with Gasteiger partial charge in [-0.15, -0.1) is 5.10 Å². The molecule has 2 rings (SSSR count). The second-order valence-electron chi connectivity index (χ2n) is 4.77. The number of ether oxygens (including phenoxy) is 1. The third-order valence-electron chi connectivity index (χ3n) is 3.40. The summed E-state index contributed by atoms with van der Waals surface area (Å²) in [6, 6.07) is 6.17. The van der Waals surface area contributed by atoms with E-state index in [0.717, 1.165) is 5.69 Å². The van der Waals surface area contributed by atoms with Crippen molar-refractivity contribution in [2.45, 2.75) is 34.2 Å². The molecule has 0 amide bonds. The lowest BCUT2D eigenvalue weighted by Gasteiger charge is -2.10. The second-order valence-corrected chi connectivity index (χ2v) is 4.77. The van der Waals surface area contributed by atoms with Crippen molar-refractivity contribution < 1.29 is 9.53 Å². The summed E-state index contributed by atoms with van der Waals surface area (Å²) in [7, 11) is 0. The number of carbonyl (C=O) groups excluding carboxylic acids is 1. The lowest BCUT2D eigenvalue weighted by atomic mass is 10.0. The molecule has 0 unspecified atom stereocenters. The van der Waals surface area contributed by atoms with Crippen molar-refractivity contribution in [3.05, 3.63) is 46.3 Å². The van der Waals surface area contributed by atoms with Crippen molar-refractivity contribution in [1.82, 2.24) is 15.0 Å². The summed E-state index contributed by atoms with van der Waals surface area (Å²) < 4.78 is 6.70. The van der Waals surface area contributed by atoms with Gasteiger partial charge in [-0.2, -0.15) is 0 Å². The van der Waals surface area contributed by atoms with E-state index < -0.39 is 5.97 Å². The van der Waals surface area contributed by atoms with Gasteiger partial charge in [0.05, 0.1) is 18.8 Å². The normalized spacial score (nSPS) is 10.6. The quantitative estimate of drug-likeness (QED) is 0.803. The number of aromatic nitrogens is 3. The average molecular weight is 273 g/mol. The van der Waals surface area contributed by atoms with E-state index in [4.69, 9.17) is 4.74 Å². The maximum atomic E-state index is 11.7. The Hall–Kier alpha value is -2.17. The number of nitrogens with zero attached hydrogens (tertiary/aromatic N) is 3. The summed E-state index contributed by atoms with van der Waals surface area (Å²) in [6.45, 7) is 8.69.